The third kappa shape index (κ3) is 3.50. The Kier molecular flexibility index (Phi) is 4.69. The molecule has 1 fully saturated rings. The summed E-state index contributed by atoms with van der Waals surface area (Å²) in [5, 5.41) is 0. The van der Waals surface area contributed by atoms with E-state index in [1.54, 1.807) is 0 Å². The number of aryl methyl sites for hydroxylation is 1. The van der Waals surface area contributed by atoms with E-state index in [2.05, 4.69) is 15.9 Å². The predicted octanol–water partition coefficient (Wildman–Crippen LogP) is 2.67. The Hall–Kier alpha value is -0.680. The van der Waals surface area contributed by atoms with Crippen LogP contribution in [0.15, 0.2) is 22.7 Å². The summed E-state index contributed by atoms with van der Waals surface area (Å²) in [4.78, 5) is 14.4. The van der Waals surface area contributed by atoms with E-state index in [0.717, 1.165) is 15.6 Å². The predicted molar refractivity (Wildman–Crippen MR) is 86.3 cm³/mol. The number of hydrogen-bond donors (Lipinski definition) is 0. The Bertz CT molecular complexity index is 557. The maximum atomic E-state index is 12.5. The molecule has 0 radical (unpaired) electrons. The van der Waals surface area contributed by atoms with Crippen molar-refractivity contribution in [3.63, 3.8) is 0 Å². The van der Waals surface area contributed by atoms with Crippen LogP contribution < -0.4 is 0 Å². The minimum absolute atomic E-state index is 0.122. The molecule has 0 spiro atoms. The second kappa shape index (κ2) is 5.98. The molecule has 0 bridgehead atoms. The van der Waals surface area contributed by atoms with Gasteiger partial charge in [0.15, 0.2) is 0 Å². The van der Waals surface area contributed by atoms with Crippen molar-refractivity contribution in [3.8, 4) is 0 Å². The molecule has 0 aliphatic carbocycles. The van der Waals surface area contributed by atoms with Crippen LogP contribution in [0.1, 0.15) is 25.0 Å². The quantitative estimate of drug-likeness (QED) is 0.815. The van der Waals surface area contributed by atoms with E-state index in [4.69, 9.17) is 0 Å². The average molecular weight is 358 g/mol. The van der Waals surface area contributed by atoms with E-state index >= 15 is 0 Å². The molecule has 1 aromatic carbocycles. The van der Waals surface area contributed by atoms with Gasteiger partial charge in [-0.2, -0.15) is 0 Å². The van der Waals surface area contributed by atoms with Crippen molar-refractivity contribution in [2.75, 3.05) is 18.1 Å². The fraction of sp³-hybridized carbons (Fsp3) is 0.533. The van der Waals surface area contributed by atoms with E-state index in [-0.39, 0.29) is 11.4 Å². The van der Waals surface area contributed by atoms with Crippen molar-refractivity contribution in [3.05, 3.63) is 33.8 Å². The van der Waals surface area contributed by atoms with Gasteiger partial charge in [0, 0.05) is 38.9 Å². The molecule has 20 heavy (non-hydrogen) atoms. The number of halogens is 1. The highest BCUT2D eigenvalue weighted by Gasteiger charge is 2.36. The first-order valence-corrected chi connectivity index (χ1v) is 8.98. The maximum Gasteiger partial charge on any atom is 0.227 e. The first kappa shape index (κ1) is 15.7. The minimum Gasteiger partial charge on any atom is -0.335 e. The summed E-state index contributed by atoms with van der Waals surface area (Å²) in [5.41, 5.74) is 1.86. The zero-order valence-corrected chi connectivity index (χ0v) is 14.5. The second-order valence-corrected chi connectivity index (χ2v) is 8.39. The van der Waals surface area contributed by atoms with Gasteiger partial charge in [-0.1, -0.05) is 22.0 Å². The Morgan fingerprint density at radius 1 is 1.45 bits per heavy atom. The lowest BCUT2D eigenvalue weighted by atomic mass is 10.0. The van der Waals surface area contributed by atoms with E-state index in [0.29, 0.717) is 24.5 Å². The van der Waals surface area contributed by atoms with Gasteiger partial charge in [0.2, 0.25) is 5.91 Å². The molecule has 2 rings (SSSR count). The number of amides is 1. The molecule has 1 aromatic rings. The fourth-order valence-electron chi connectivity index (χ4n) is 2.62. The van der Waals surface area contributed by atoms with Gasteiger partial charge in [0.25, 0.3) is 0 Å². The lowest BCUT2D eigenvalue weighted by Crippen LogP contribution is -2.56. The number of hydrogen-bond acceptors (Lipinski definition) is 2. The molecule has 0 aromatic heterocycles. The van der Waals surface area contributed by atoms with Crippen LogP contribution in [0.5, 0.6) is 0 Å². The van der Waals surface area contributed by atoms with Gasteiger partial charge in [-0.05, 0) is 44.0 Å². The zero-order chi connectivity index (χ0) is 14.9. The van der Waals surface area contributed by atoms with Crippen molar-refractivity contribution < 1.29 is 9.00 Å². The Morgan fingerprint density at radius 3 is 2.75 bits per heavy atom. The molecule has 0 saturated carbocycles. The van der Waals surface area contributed by atoms with Crippen molar-refractivity contribution in [1.82, 2.24) is 4.90 Å². The van der Waals surface area contributed by atoms with Crippen molar-refractivity contribution in [1.29, 1.82) is 0 Å². The number of benzene rings is 1. The normalized spacial score (nSPS) is 21.8. The molecule has 1 heterocycles. The maximum absolute atomic E-state index is 12.5. The third-order valence-corrected chi connectivity index (χ3v) is 5.89. The summed E-state index contributed by atoms with van der Waals surface area (Å²) in [6.45, 7) is 6.60. The molecule has 110 valence electrons. The van der Waals surface area contributed by atoms with Crippen LogP contribution >= 0.6 is 15.9 Å². The zero-order valence-electron chi connectivity index (χ0n) is 12.1. The molecule has 1 saturated heterocycles. The monoisotopic (exact) mass is 357 g/mol. The van der Waals surface area contributed by atoms with Crippen molar-refractivity contribution >= 4 is 32.6 Å². The summed E-state index contributed by atoms with van der Waals surface area (Å²) in [5.74, 6) is 1.28. The van der Waals surface area contributed by atoms with Gasteiger partial charge in [-0.25, -0.2) is 0 Å². The summed E-state index contributed by atoms with van der Waals surface area (Å²) >= 11 is 3.43. The number of carbonyl (C=O) groups is 1. The van der Waals surface area contributed by atoms with Crippen molar-refractivity contribution in [2.45, 2.75) is 32.7 Å². The van der Waals surface area contributed by atoms with Gasteiger partial charge in [-0.15, -0.1) is 0 Å². The van der Waals surface area contributed by atoms with Gasteiger partial charge in [-0.3, -0.25) is 9.00 Å². The summed E-state index contributed by atoms with van der Waals surface area (Å²) < 4.78 is 12.7. The molecule has 1 aliphatic rings. The summed E-state index contributed by atoms with van der Waals surface area (Å²) in [6.07, 6.45) is 0.412. The van der Waals surface area contributed by atoms with Crippen LogP contribution in [0, 0.1) is 6.92 Å². The standard InChI is InChI=1S/C15H20BrNO2S/c1-11-8-13(16)5-4-12(11)9-14(18)17-6-7-20(19)10-15(17,2)3/h4-5,8H,6-7,9-10H2,1-3H3/t20-/m0/s1. The first-order valence-electron chi connectivity index (χ1n) is 6.70. The van der Waals surface area contributed by atoms with E-state index < -0.39 is 10.8 Å². The van der Waals surface area contributed by atoms with Gasteiger partial charge in [0.05, 0.1) is 6.42 Å². The Morgan fingerprint density at radius 2 is 2.15 bits per heavy atom. The topological polar surface area (TPSA) is 37.4 Å². The van der Waals surface area contributed by atoms with Crippen LogP contribution in [0.3, 0.4) is 0 Å². The second-order valence-electron chi connectivity index (χ2n) is 5.89. The molecule has 0 unspecified atom stereocenters. The molecule has 3 nitrogen and oxygen atoms in total. The highest BCUT2D eigenvalue weighted by Crippen LogP contribution is 2.23. The highest BCUT2D eigenvalue weighted by atomic mass is 79.9. The molecular weight excluding hydrogens is 338 g/mol. The largest absolute Gasteiger partial charge is 0.335 e. The molecular formula is C15H20BrNO2S. The fourth-order valence-corrected chi connectivity index (χ4v) is 4.57. The van der Waals surface area contributed by atoms with Gasteiger partial charge >= 0.3 is 0 Å². The number of carbonyl (C=O) groups excluding carboxylic acids is 1. The van der Waals surface area contributed by atoms with Crippen LogP contribution in [0.2, 0.25) is 0 Å². The minimum atomic E-state index is -0.801. The Labute approximate surface area is 131 Å². The Balaban J connectivity index is 2.13. The van der Waals surface area contributed by atoms with Crippen molar-refractivity contribution in [2.24, 2.45) is 0 Å². The molecule has 5 heteroatoms. The summed E-state index contributed by atoms with van der Waals surface area (Å²) in [6, 6.07) is 5.98. The molecule has 0 N–H and O–H groups in total. The van der Waals surface area contributed by atoms with E-state index in [9.17, 15) is 9.00 Å². The van der Waals surface area contributed by atoms with Gasteiger partial charge < -0.3 is 4.90 Å². The van der Waals surface area contributed by atoms with Gasteiger partial charge in [0.1, 0.15) is 0 Å². The SMILES string of the molecule is Cc1cc(Br)ccc1CC(=O)N1CC[S@](=O)CC1(C)C. The third-order valence-electron chi connectivity index (χ3n) is 3.73. The van der Waals surface area contributed by atoms with E-state index in [1.807, 2.05) is 43.9 Å². The number of rotatable bonds is 2. The van der Waals surface area contributed by atoms with Crippen LogP contribution in [-0.4, -0.2) is 38.6 Å². The number of nitrogens with zero attached hydrogens (tertiary/aromatic N) is 1. The smallest absolute Gasteiger partial charge is 0.227 e. The van der Waals surface area contributed by atoms with E-state index in [1.165, 1.54) is 0 Å². The summed E-state index contributed by atoms with van der Waals surface area (Å²) in [7, 11) is -0.801. The lowest BCUT2D eigenvalue weighted by Gasteiger charge is -2.42. The lowest BCUT2D eigenvalue weighted by molar-refractivity contribution is -0.134. The average Bonchev–Trinajstić information content (AvgIpc) is 2.31. The van der Waals surface area contributed by atoms with Crippen LogP contribution in [-0.2, 0) is 22.0 Å². The molecule has 1 amide bonds. The molecule has 1 atom stereocenters. The highest BCUT2D eigenvalue weighted by molar-refractivity contribution is 9.10. The first-order chi connectivity index (χ1) is 9.29. The van der Waals surface area contributed by atoms with Crippen LogP contribution in [0.4, 0.5) is 0 Å². The van der Waals surface area contributed by atoms with Crippen LogP contribution in [0.25, 0.3) is 0 Å². The molecule has 1 aliphatic heterocycles.